The molecule has 2 heterocycles. The van der Waals surface area contributed by atoms with Crippen molar-refractivity contribution in [3.63, 3.8) is 0 Å². The highest BCUT2D eigenvalue weighted by Crippen LogP contribution is 2.23. The second kappa shape index (κ2) is 7.31. The summed E-state index contributed by atoms with van der Waals surface area (Å²) in [7, 11) is 0. The van der Waals surface area contributed by atoms with Crippen LogP contribution in [0.5, 0.6) is 0 Å². The number of likely N-dealkylation sites (tertiary alicyclic amines) is 1. The second-order valence-corrected chi connectivity index (χ2v) is 7.28. The number of carboxylic acid groups (broad SMARTS) is 1. The van der Waals surface area contributed by atoms with Gasteiger partial charge in [-0.15, -0.1) is 11.3 Å². The number of amides is 2. The summed E-state index contributed by atoms with van der Waals surface area (Å²) in [5.74, 6) is -1.92. The number of thiophene rings is 1. The van der Waals surface area contributed by atoms with E-state index >= 15 is 0 Å². The fourth-order valence-electron chi connectivity index (χ4n) is 2.64. The van der Waals surface area contributed by atoms with Crippen LogP contribution in [-0.2, 0) is 9.59 Å². The molecule has 2 amide bonds. The van der Waals surface area contributed by atoms with E-state index in [4.69, 9.17) is 5.11 Å². The minimum Gasteiger partial charge on any atom is -0.479 e. The Labute approximate surface area is 144 Å². The van der Waals surface area contributed by atoms with Crippen LogP contribution in [0.25, 0.3) is 0 Å². The van der Waals surface area contributed by atoms with Gasteiger partial charge < -0.3 is 20.4 Å². The van der Waals surface area contributed by atoms with Crippen molar-refractivity contribution < 1.29 is 24.6 Å². The van der Waals surface area contributed by atoms with Crippen molar-refractivity contribution in [3.05, 3.63) is 22.4 Å². The van der Waals surface area contributed by atoms with Gasteiger partial charge in [-0.1, -0.05) is 19.9 Å². The minimum absolute atomic E-state index is 0.0161. The summed E-state index contributed by atoms with van der Waals surface area (Å²) in [4.78, 5) is 38.0. The largest absolute Gasteiger partial charge is 0.479 e. The predicted octanol–water partition coefficient (Wildman–Crippen LogP) is 0.941. The van der Waals surface area contributed by atoms with E-state index in [9.17, 15) is 19.5 Å². The van der Waals surface area contributed by atoms with Crippen molar-refractivity contribution in [1.29, 1.82) is 0 Å². The van der Waals surface area contributed by atoms with Crippen LogP contribution in [0.1, 0.15) is 36.4 Å². The van der Waals surface area contributed by atoms with E-state index in [1.54, 1.807) is 17.5 Å². The molecule has 0 aromatic carbocycles. The maximum absolute atomic E-state index is 12.7. The maximum atomic E-state index is 12.7. The quantitative estimate of drug-likeness (QED) is 0.729. The van der Waals surface area contributed by atoms with Crippen LogP contribution in [-0.4, -0.2) is 57.6 Å². The molecule has 1 saturated heterocycles. The van der Waals surface area contributed by atoms with Crippen molar-refractivity contribution in [2.24, 2.45) is 5.92 Å². The average Bonchev–Trinajstić information content (AvgIpc) is 3.06. The van der Waals surface area contributed by atoms with E-state index in [0.29, 0.717) is 4.88 Å². The Bertz CT molecular complexity index is 606. The van der Waals surface area contributed by atoms with E-state index in [-0.39, 0.29) is 43.7 Å². The molecule has 0 spiro atoms. The van der Waals surface area contributed by atoms with Gasteiger partial charge in [-0.05, 0) is 17.4 Å². The third-order valence-corrected chi connectivity index (χ3v) is 5.13. The Morgan fingerprint density at radius 2 is 1.92 bits per heavy atom. The number of carboxylic acids is 1. The molecule has 1 aliphatic rings. The normalized spacial score (nSPS) is 18.2. The molecule has 1 fully saturated rings. The molecule has 0 radical (unpaired) electrons. The molecular formula is C16H22N2O5S. The molecule has 7 nitrogen and oxygen atoms in total. The van der Waals surface area contributed by atoms with Gasteiger partial charge in [0.05, 0.1) is 4.88 Å². The van der Waals surface area contributed by atoms with Crippen LogP contribution in [0.4, 0.5) is 0 Å². The lowest BCUT2D eigenvalue weighted by Crippen LogP contribution is -2.56. The fraction of sp³-hybridized carbons (Fsp3) is 0.562. The van der Waals surface area contributed by atoms with Crippen LogP contribution in [0.2, 0.25) is 0 Å². The molecule has 8 heteroatoms. The Hall–Kier alpha value is -1.93. The molecule has 0 bridgehead atoms. The molecule has 3 N–H and O–H groups in total. The van der Waals surface area contributed by atoms with Crippen LogP contribution in [0.3, 0.4) is 0 Å². The minimum atomic E-state index is -1.77. The van der Waals surface area contributed by atoms with Gasteiger partial charge in [0.25, 0.3) is 5.91 Å². The number of aliphatic hydroxyl groups is 1. The Kier molecular flexibility index (Phi) is 5.61. The molecule has 1 aromatic heterocycles. The summed E-state index contributed by atoms with van der Waals surface area (Å²) in [6.07, 6.45) is -0.0322. The smallest absolute Gasteiger partial charge is 0.335 e. The Morgan fingerprint density at radius 1 is 1.29 bits per heavy atom. The number of carbonyl (C=O) groups is 3. The van der Waals surface area contributed by atoms with Crippen molar-refractivity contribution in [3.8, 4) is 0 Å². The monoisotopic (exact) mass is 354 g/mol. The van der Waals surface area contributed by atoms with E-state index < -0.39 is 17.6 Å². The van der Waals surface area contributed by atoms with E-state index in [2.05, 4.69) is 5.32 Å². The lowest BCUT2D eigenvalue weighted by atomic mass is 9.90. The molecule has 0 saturated carbocycles. The third-order valence-electron chi connectivity index (χ3n) is 4.26. The molecule has 1 aromatic rings. The number of nitrogens with one attached hydrogen (secondary N) is 1. The van der Waals surface area contributed by atoms with Crippen LogP contribution >= 0.6 is 11.3 Å². The zero-order valence-corrected chi connectivity index (χ0v) is 14.5. The standard InChI is InChI=1S/C16H22N2O5S/c1-10(2)12(17-13(19)11-4-3-9-24-11)14(20)18-7-5-16(23,6-8-18)15(21)22/h3-4,9-10,12,23H,5-8H2,1-2H3,(H,17,19)(H,21,22). The first-order valence-corrected chi connectivity index (χ1v) is 8.71. The van der Waals surface area contributed by atoms with Gasteiger partial charge in [0.1, 0.15) is 6.04 Å². The predicted molar refractivity (Wildman–Crippen MR) is 88.8 cm³/mol. The zero-order valence-electron chi connectivity index (χ0n) is 13.7. The number of carbonyl (C=O) groups excluding carboxylic acids is 2. The maximum Gasteiger partial charge on any atom is 0.335 e. The summed E-state index contributed by atoms with van der Waals surface area (Å²) in [6.45, 7) is 3.99. The highest BCUT2D eigenvalue weighted by Gasteiger charge is 2.41. The lowest BCUT2D eigenvalue weighted by molar-refractivity contribution is -0.165. The summed E-state index contributed by atoms with van der Waals surface area (Å²) in [5, 5.41) is 23.5. The summed E-state index contributed by atoms with van der Waals surface area (Å²) in [5.41, 5.74) is -1.77. The average molecular weight is 354 g/mol. The number of piperidine rings is 1. The van der Waals surface area contributed by atoms with Crippen molar-refractivity contribution in [1.82, 2.24) is 10.2 Å². The van der Waals surface area contributed by atoms with Gasteiger partial charge in [0.2, 0.25) is 5.91 Å². The van der Waals surface area contributed by atoms with Crippen LogP contribution < -0.4 is 5.32 Å². The number of rotatable bonds is 5. The first-order valence-electron chi connectivity index (χ1n) is 7.83. The molecule has 24 heavy (non-hydrogen) atoms. The van der Waals surface area contributed by atoms with Crippen molar-refractivity contribution in [2.45, 2.75) is 38.3 Å². The Balaban J connectivity index is 2.02. The van der Waals surface area contributed by atoms with Gasteiger partial charge in [0, 0.05) is 25.9 Å². The van der Waals surface area contributed by atoms with Gasteiger partial charge in [-0.3, -0.25) is 9.59 Å². The highest BCUT2D eigenvalue weighted by atomic mass is 32.1. The molecule has 2 rings (SSSR count). The third kappa shape index (κ3) is 3.93. The lowest BCUT2D eigenvalue weighted by Gasteiger charge is -2.37. The van der Waals surface area contributed by atoms with Gasteiger partial charge >= 0.3 is 5.97 Å². The molecule has 1 unspecified atom stereocenters. The van der Waals surface area contributed by atoms with Gasteiger partial charge in [-0.25, -0.2) is 4.79 Å². The SMILES string of the molecule is CC(C)C(NC(=O)c1cccs1)C(=O)N1CCC(O)(C(=O)O)CC1. The molecule has 0 aliphatic carbocycles. The number of nitrogens with zero attached hydrogens (tertiary/aromatic N) is 1. The molecular weight excluding hydrogens is 332 g/mol. The van der Waals surface area contributed by atoms with Crippen LogP contribution in [0.15, 0.2) is 17.5 Å². The van der Waals surface area contributed by atoms with E-state index in [1.165, 1.54) is 16.2 Å². The Morgan fingerprint density at radius 3 is 2.38 bits per heavy atom. The first kappa shape index (κ1) is 18.4. The molecule has 1 aliphatic heterocycles. The summed E-state index contributed by atoms with van der Waals surface area (Å²) >= 11 is 1.30. The van der Waals surface area contributed by atoms with E-state index in [1.807, 2.05) is 13.8 Å². The summed E-state index contributed by atoms with van der Waals surface area (Å²) in [6, 6.07) is 2.77. The summed E-state index contributed by atoms with van der Waals surface area (Å²) < 4.78 is 0. The molecule has 132 valence electrons. The van der Waals surface area contributed by atoms with Crippen molar-refractivity contribution >= 4 is 29.1 Å². The topological polar surface area (TPSA) is 107 Å². The second-order valence-electron chi connectivity index (χ2n) is 6.33. The molecule has 1 atom stereocenters. The highest BCUT2D eigenvalue weighted by molar-refractivity contribution is 7.12. The fourth-order valence-corrected chi connectivity index (χ4v) is 3.27. The number of hydrogen-bond acceptors (Lipinski definition) is 5. The first-order chi connectivity index (χ1) is 11.2. The van der Waals surface area contributed by atoms with Crippen LogP contribution in [0, 0.1) is 5.92 Å². The number of hydrogen-bond donors (Lipinski definition) is 3. The van der Waals surface area contributed by atoms with Crippen molar-refractivity contribution in [2.75, 3.05) is 13.1 Å². The number of aliphatic carboxylic acids is 1. The zero-order chi connectivity index (χ0) is 17.9. The van der Waals surface area contributed by atoms with Gasteiger partial charge in [-0.2, -0.15) is 0 Å². The van der Waals surface area contributed by atoms with E-state index in [0.717, 1.165) is 0 Å². The van der Waals surface area contributed by atoms with Gasteiger partial charge in [0.15, 0.2) is 5.60 Å².